The van der Waals surface area contributed by atoms with Gasteiger partial charge in [0.2, 0.25) is 5.91 Å². The molecule has 5 nitrogen and oxygen atoms in total. The quantitative estimate of drug-likeness (QED) is 0.519. The van der Waals surface area contributed by atoms with Crippen LogP contribution in [0.5, 0.6) is 0 Å². The molecule has 6 heteroatoms. The van der Waals surface area contributed by atoms with Crippen LogP contribution >= 0.6 is 11.8 Å². The summed E-state index contributed by atoms with van der Waals surface area (Å²) in [6, 6.07) is 13.5. The molecular formula is C22H23N3O2S. The highest BCUT2D eigenvalue weighted by Crippen LogP contribution is 2.26. The molecule has 0 spiro atoms. The van der Waals surface area contributed by atoms with E-state index in [-0.39, 0.29) is 17.6 Å². The van der Waals surface area contributed by atoms with Gasteiger partial charge < -0.3 is 0 Å². The number of aromatic nitrogens is 1. The molecule has 0 unspecified atom stereocenters. The molecule has 0 saturated carbocycles. The number of nitrogens with one attached hydrogen (secondary N) is 2. The standard InChI is InChI=1S/C22H23N3O2S/c1-13-5-7-17(8-6-13)21(27)25-24-19(26)12-28-22-16(4)11-18-10-14(2)9-15(3)20(18)23-22/h5-11H,12H2,1-4H3,(H,24,26)(H,25,27). The first-order valence-electron chi connectivity index (χ1n) is 9.01. The summed E-state index contributed by atoms with van der Waals surface area (Å²) in [5.41, 5.74) is 10.8. The Kier molecular flexibility index (Phi) is 5.99. The molecule has 1 heterocycles. The molecule has 0 aliphatic rings. The fourth-order valence-corrected chi connectivity index (χ4v) is 3.74. The molecule has 0 atom stereocenters. The van der Waals surface area contributed by atoms with E-state index in [1.165, 1.54) is 17.3 Å². The Hall–Kier alpha value is -2.86. The maximum atomic E-state index is 12.1. The van der Waals surface area contributed by atoms with Gasteiger partial charge in [-0.25, -0.2) is 4.98 Å². The number of rotatable bonds is 4. The number of hydrazine groups is 1. The first-order valence-corrected chi connectivity index (χ1v) is 9.99. The van der Waals surface area contributed by atoms with Gasteiger partial charge in [-0.3, -0.25) is 20.4 Å². The average Bonchev–Trinajstić information content (AvgIpc) is 2.65. The molecule has 0 saturated heterocycles. The zero-order chi connectivity index (χ0) is 20.3. The molecule has 0 radical (unpaired) electrons. The molecule has 0 aliphatic heterocycles. The van der Waals surface area contributed by atoms with Crippen molar-refractivity contribution in [2.45, 2.75) is 32.7 Å². The van der Waals surface area contributed by atoms with Gasteiger partial charge in [-0.15, -0.1) is 0 Å². The third-order valence-corrected chi connectivity index (χ3v) is 5.46. The first-order chi connectivity index (χ1) is 13.3. The van der Waals surface area contributed by atoms with E-state index < -0.39 is 0 Å². The molecule has 28 heavy (non-hydrogen) atoms. The maximum Gasteiger partial charge on any atom is 0.269 e. The van der Waals surface area contributed by atoms with Crippen molar-refractivity contribution in [2.24, 2.45) is 0 Å². The van der Waals surface area contributed by atoms with E-state index in [4.69, 9.17) is 4.98 Å². The largest absolute Gasteiger partial charge is 0.272 e. The first kappa shape index (κ1) is 19.9. The Morgan fingerprint density at radius 1 is 0.893 bits per heavy atom. The van der Waals surface area contributed by atoms with Crippen LogP contribution in [0.15, 0.2) is 47.5 Å². The number of benzene rings is 2. The van der Waals surface area contributed by atoms with Crippen LogP contribution in [0.1, 0.15) is 32.6 Å². The van der Waals surface area contributed by atoms with Gasteiger partial charge in [-0.2, -0.15) is 0 Å². The number of nitrogens with zero attached hydrogens (tertiary/aromatic N) is 1. The van der Waals surface area contributed by atoms with Gasteiger partial charge in [0.1, 0.15) is 5.03 Å². The molecule has 2 N–H and O–H groups in total. The maximum absolute atomic E-state index is 12.1. The van der Waals surface area contributed by atoms with E-state index in [1.54, 1.807) is 12.1 Å². The molecule has 0 fully saturated rings. The summed E-state index contributed by atoms with van der Waals surface area (Å²) in [4.78, 5) is 28.9. The number of aryl methyl sites for hydroxylation is 4. The second-order valence-electron chi connectivity index (χ2n) is 6.92. The van der Waals surface area contributed by atoms with Crippen molar-refractivity contribution in [3.8, 4) is 0 Å². The topological polar surface area (TPSA) is 71.1 Å². The third kappa shape index (κ3) is 4.70. The molecule has 2 amide bonds. The lowest BCUT2D eigenvalue weighted by molar-refractivity contribution is -0.119. The summed E-state index contributed by atoms with van der Waals surface area (Å²) in [6.07, 6.45) is 0. The van der Waals surface area contributed by atoms with Crippen LogP contribution in [-0.2, 0) is 4.79 Å². The van der Waals surface area contributed by atoms with Crippen molar-refractivity contribution < 1.29 is 9.59 Å². The molecule has 3 rings (SSSR count). The van der Waals surface area contributed by atoms with Crippen LogP contribution in [0.25, 0.3) is 10.9 Å². The van der Waals surface area contributed by atoms with Gasteiger partial charge in [0.05, 0.1) is 11.3 Å². The van der Waals surface area contributed by atoms with Crippen LogP contribution in [0.2, 0.25) is 0 Å². The highest BCUT2D eigenvalue weighted by Gasteiger charge is 2.11. The van der Waals surface area contributed by atoms with E-state index in [0.717, 1.165) is 32.6 Å². The van der Waals surface area contributed by atoms with Crippen molar-refractivity contribution >= 4 is 34.5 Å². The van der Waals surface area contributed by atoms with Crippen molar-refractivity contribution in [3.05, 3.63) is 70.3 Å². The molecule has 3 aromatic rings. The van der Waals surface area contributed by atoms with Crippen LogP contribution in [0.3, 0.4) is 0 Å². The molecular weight excluding hydrogens is 370 g/mol. The Bertz CT molecular complexity index is 1050. The zero-order valence-electron chi connectivity index (χ0n) is 16.4. The minimum absolute atomic E-state index is 0.165. The van der Waals surface area contributed by atoms with Crippen molar-refractivity contribution in [1.82, 2.24) is 15.8 Å². The van der Waals surface area contributed by atoms with Crippen molar-refractivity contribution in [2.75, 3.05) is 5.75 Å². The minimum atomic E-state index is -0.343. The van der Waals surface area contributed by atoms with Crippen LogP contribution in [0, 0.1) is 27.7 Å². The molecule has 0 bridgehead atoms. The highest BCUT2D eigenvalue weighted by atomic mass is 32.2. The van der Waals surface area contributed by atoms with Gasteiger partial charge in [-0.1, -0.05) is 41.1 Å². The van der Waals surface area contributed by atoms with Gasteiger partial charge in [0.25, 0.3) is 5.91 Å². The predicted molar refractivity (Wildman–Crippen MR) is 113 cm³/mol. The average molecular weight is 394 g/mol. The number of carbonyl (C=O) groups is 2. The number of hydrogen-bond acceptors (Lipinski definition) is 4. The van der Waals surface area contributed by atoms with Crippen molar-refractivity contribution in [3.63, 3.8) is 0 Å². The Labute approximate surface area is 168 Å². The summed E-state index contributed by atoms with van der Waals surface area (Å²) >= 11 is 1.36. The lowest BCUT2D eigenvalue weighted by atomic mass is 10.1. The Morgan fingerprint density at radius 3 is 2.32 bits per heavy atom. The summed E-state index contributed by atoms with van der Waals surface area (Å²) in [5, 5.41) is 1.92. The van der Waals surface area contributed by atoms with Gasteiger partial charge >= 0.3 is 0 Å². The summed E-state index contributed by atoms with van der Waals surface area (Å²) in [5.74, 6) is -0.463. The molecule has 0 aliphatic carbocycles. The normalized spacial score (nSPS) is 10.7. The second kappa shape index (κ2) is 8.44. The van der Waals surface area contributed by atoms with Crippen LogP contribution < -0.4 is 10.9 Å². The highest BCUT2D eigenvalue weighted by molar-refractivity contribution is 7.99. The Morgan fingerprint density at radius 2 is 1.61 bits per heavy atom. The van der Waals surface area contributed by atoms with Gasteiger partial charge in [-0.05, 0) is 63.1 Å². The van der Waals surface area contributed by atoms with E-state index in [1.807, 2.05) is 32.9 Å². The monoisotopic (exact) mass is 393 g/mol. The number of carbonyl (C=O) groups excluding carboxylic acids is 2. The summed E-state index contributed by atoms with van der Waals surface area (Å²) in [7, 11) is 0. The number of thioether (sulfide) groups is 1. The third-order valence-electron chi connectivity index (χ3n) is 4.37. The number of hydrogen-bond donors (Lipinski definition) is 2. The fraction of sp³-hybridized carbons (Fsp3) is 0.227. The van der Waals surface area contributed by atoms with E-state index in [2.05, 4.69) is 36.0 Å². The molecule has 2 aromatic carbocycles. The lowest BCUT2D eigenvalue weighted by Gasteiger charge is -2.10. The smallest absolute Gasteiger partial charge is 0.269 e. The summed E-state index contributed by atoms with van der Waals surface area (Å²) < 4.78 is 0. The zero-order valence-corrected chi connectivity index (χ0v) is 17.2. The van der Waals surface area contributed by atoms with Crippen LogP contribution in [0.4, 0.5) is 0 Å². The minimum Gasteiger partial charge on any atom is -0.272 e. The number of pyridine rings is 1. The number of amides is 2. The molecule has 144 valence electrons. The Balaban J connectivity index is 1.60. The van der Waals surface area contributed by atoms with Crippen LogP contribution in [-0.4, -0.2) is 22.6 Å². The molecule has 1 aromatic heterocycles. The van der Waals surface area contributed by atoms with E-state index in [0.29, 0.717) is 5.56 Å². The van der Waals surface area contributed by atoms with Crippen molar-refractivity contribution in [1.29, 1.82) is 0 Å². The predicted octanol–water partition coefficient (Wildman–Crippen LogP) is 4.02. The SMILES string of the molecule is Cc1ccc(C(=O)NNC(=O)CSc2nc3c(C)cc(C)cc3cc2C)cc1. The fourth-order valence-electron chi connectivity index (χ4n) is 2.96. The van der Waals surface area contributed by atoms with E-state index >= 15 is 0 Å². The summed E-state index contributed by atoms with van der Waals surface area (Å²) in [6.45, 7) is 8.05. The lowest BCUT2D eigenvalue weighted by Crippen LogP contribution is -2.42. The van der Waals surface area contributed by atoms with Gasteiger partial charge in [0.15, 0.2) is 0 Å². The van der Waals surface area contributed by atoms with Gasteiger partial charge in [0, 0.05) is 10.9 Å². The number of fused-ring (bicyclic) bond motifs is 1. The van der Waals surface area contributed by atoms with E-state index in [9.17, 15) is 9.59 Å². The second-order valence-corrected chi connectivity index (χ2v) is 7.89.